The van der Waals surface area contributed by atoms with Crippen LogP contribution in [0.25, 0.3) is 0 Å². The first-order chi connectivity index (χ1) is 10.0. The van der Waals surface area contributed by atoms with E-state index in [-0.39, 0.29) is 27.6 Å². The molecule has 2 aliphatic rings. The Morgan fingerprint density at radius 3 is 2.90 bits per heavy atom. The summed E-state index contributed by atoms with van der Waals surface area (Å²) in [5.41, 5.74) is 0.274. The number of nitrogens with zero attached hydrogens (tertiary/aromatic N) is 2. The molecule has 1 aromatic rings. The zero-order chi connectivity index (χ0) is 15.0. The molecule has 2 fully saturated rings. The summed E-state index contributed by atoms with van der Waals surface area (Å²) in [5.74, 6) is 0. The van der Waals surface area contributed by atoms with E-state index in [0.717, 1.165) is 19.3 Å². The lowest BCUT2D eigenvalue weighted by Gasteiger charge is -2.36. The number of nitriles is 1. The van der Waals surface area contributed by atoms with Gasteiger partial charge in [-0.3, -0.25) is 0 Å². The minimum absolute atomic E-state index is 0.00220. The zero-order valence-electron chi connectivity index (χ0n) is 11.3. The molecule has 0 N–H and O–H groups in total. The minimum Gasteiger partial charge on any atom is -0.375 e. The van der Waals surface area contributed by atoms with E-state index in [1.165, 1.54) is 22.5 Å². The average Bonchev–Trinajstić information content (AvgIpc) is 2.95. The van der Waals surface area contributed by atoms with Crippen molar-refractivity contribution in [3.05, 3.63) is 28.8 Å². The number of rotatable bonds is 2. The minimum atomic E-state index is -3.60. The van der Waals surface area contributed by atoms with Crippen molar-refractivity contribution in [3.63, 3.8) is 0 Å². The highest BCUT2D eigenvalue weighted by Crippen LogP contribution is 2.34. The fraction of sp³-hybridized carbons (Fsp3) is 0.500. The second kappa shape index (κ2) is 5.58. The SMILES string of the molecule is N#Cc1ccc(S(=O)(=O)N2CCOC3CCCC32)cc1Cl. The molecule has 1 saturated heterocycles. The smallest absolute Gasteiger partial charge is 0.243 e. The van der Waals surface area contributed by atoms with Crippen LogP contribution in [0.2, 0.25) is 5.02 Å². The van der Waals surface area contributed by atoms with Gasteiger partial charge in [0, 0.05) is 6.54 Å². The van der Waals surface area contributed by atoms with Gasteiger partial charge in [0.2, 0.25) is 10.0 Å². The second-order valence-electron chi connectivity index (χ2n) is 5.28. The summed E-state index contributed by atoms with van der Waals surface area (Å²) >= 11 is 5.96. The highest BCUT2D eigenvalue weighted by molar-refractivity contribution is 7.89. The number of morpholine rings is 1. The number of hydrogen-bond donors (Lipinski definition) is 0. The standard InChI is InChI=1S/C14H15ClN2O3S/c15-12-8-11(5-4-10(12)9-16)21(18,19)17-6-7-20-14-3-1-2-13(14)17/h4-5,8,13-14H,1-3,6-7H2. The lowest BCUT2D eigenvalue weighted by molar-refractivity contribution is -0.0241. The van der Waals surface area contributed by atoms with Crippen LogP contribution in [0.3, 0.4) is 0 Å². The molecular weight excluding hydrogens is 312 g/mol. The van der Waals surface area contributed by atoms with Gasteiger partial charge in [0.15, 0.2) is 0 Å². The van der Waals surface area contributed by atoms with Crippen LogP contribution >= 0.6 is 11.6 Å². The highest BCUT2D eigenvalue weighted by Gasteiger charge is 2.42. The van der Waals surface area contributed by atoms with Gasteiger partial charge in [0.25, 0.3) is 0 Å². The first-order valence-electron chi connectivity index (χ1n) is 6.87. The summed E-state index contributed by atoms with van der Waals surface area (Å²) in [5, 5.41) is 9.03. The molecule has 21 heavy (non-hydrogen) atoms. The quantitative estimate of drug-likeness (QED) is 0.835. The van der Waals surface area contributed by atoms with Gasteiger partial charge in [-0.15, -0.1) is 0 Å². The van der Waals surface area contributed by atoms with Crippen molar-refractivity contribution in [3.8, 4) is 6.07 Å². The predicted molar refractivity (Wildman–Crippen MR) is 77.4 cm³/mol. The van der Waals surface area contributed by atoms with E-state index < -0.39 is 10.0 Å². The molecule has 3 rings (SSSR count). The van der Waals surface area contributed by atoms with Crippen molar-refractivity contribution in [2.75, 3.05) is 13.2 Å². The van der Waals surface area contributed by atoms with Crippen LogP contribution in [0.15, 0.2) is 23.1 Å². The Labute approximate surface area is 129 Å². The Balaban J connectivity index is 1.96. The van der Waals surface area contributed by atoms with Crippen LogP contribution in [-0.4, -0.2) is 38.0 Å². The van der Waals surface area contributed by atoms with E-state index in [1.807, 2.05) is 6.07 Å². The molecule has 0 amide bonds. The number of ether oxygens (including phenoxy) is 1. The van der Waals surface area contributed by atoms with Gasteiger partial charge in [-0.2, -0.15) is 9.57 Å². The molecule has 0 radical (unpaired) electrons. The molecule has 5 nitrogen and oxygen atoms in total. The normalized spacial score (nSPS) is 26.3. The van der Waals surface area contributed by atoms with Crippen molar-refractivity contribution in [2.45, 2.75) is 36.3 Å². The van der Waals surface area contributed by atoms with Crippen LogP contribution in [0.4, 0.5) is 0 Å². The van der Waals surface area contributed by atoms with Crippen LogP contribution in [0.1, 0.15) is 24.8 Å². The summed E-state index contributed by atoms with van der Waals surface area (Å²) in [7, 11) is -3.60. The van der Waals surface area contributed by atoms with Gasteiger partial charge in [-0.05, 0) is 37.5 Å². The average molecular weight is 327 g/mol. The molecule has 0 bridgehead atoms. The van der Waals surface area contributed by atoms with E-state index in [1.54, 1.807) is 0 Å². The summed E-state index contributed by atoms with van der Waals surface area (Å²) in [6.45, 7) is 0.783. The monoisotopic (exact) mass is 326 g/mol. The third kappa shape index (κ3) is 2.55. The first kappa shape index (κ1) is 14.8. The maximum atomic E-state index is 12.8. The number of fused-ring (bicyclic) bond motifs is 1. The summed E-state index contributed by atoms with van der Waals surface area (Å²) in [4.78, 5) is 0.138. The van der Waals surface area contributed by atoms with E-state index in [0.29, 0.717) is 13.2 Å². The Hall–Kier alpha value is -1.13. The second-order valence-corrected chi connectivity index (χ2v) is 7.57. The van der Waals surface area contributed by atoms with Gasteiger partial charge < -0.3 is 4.74 Å². The molecule has 1 aromatic carbocycles. The number of hydrogen-bond acceptors (Lipinski definition) is 4. The summed E-state index contributed by atoms with van der Waals surface area (Å²) < 4.78 is 32.8. The van der Waals surface area contributed by atoms with E-state index in [4.69, 9.17) is 21.6 Å². The number of benzene rings is 1. The van der Waals surface area contributed by atoms with Crippen molar-refractivity contribution < 1.29 is 13.2 Å². The molecule has 1 saturated carbocycles. The van der Waals surface area contributed by atoms with Crippen LogP contribution < -0.4 is 0 Å². The molecule has 1 heterocycles. The largest absolute Gasteiger partial charge is 0.375 e. The zero-order valence-corrected chi connectivity index (χ0v) is 12.9. The molecule has 112 valence electrons. The number of sulfonamides is 1. The first-order valence-corrected chi connectivity index (χ1v) is 8.69. The van der Waals surface area contributed by atoms with Crippen LogP contribution in [0, 0.1) is 11.3 Å². The lowest BCUT2D eigenvalue weighted by atomic mass is 10.2. The molecule has 1 aliphatic heterocycles. The highest BCUT2D eigenvalue weighted by atomic mass is 35.5. The Morgan fingerprint density at radius 1 is 1.38 bits per heavy atom. The van der Waals surface area contributed by atoms with Gasteiger partial charge >= 0.3 is 0 Å². The van der Waals surface area contributed by atoms with Gasteiger partial charge in [-0.25, -0.2) is 8.42 Å². The van der Waals surface area contributed by atoms with Crippen molar-refractivity contribution in [1.29, 1.82) is 5.26 Å². The van der Waals surface area contributed by atoms with Gasteiger partial charge in [-0.1, -0.05) is 11.6 Å². The Morgan fingerprint density at radius 2 is 2.19 bits per heavy atom. The van der Waals surface area contributed by atoms with Gasteiger partial charge in [0.1, 0.15) is 6.07 Å². The fourth-order valence-corrected chi connectivity index (χ4v) is 5.05. The molecule has 1 aliphatic carbocycles. The van der Waals surface area contributed by atoms with Gasteiger partial charge in [0.05, 0.1) is 34.2 Å². The maximum absolute atomic E-state index is 12.8. The van der Waals surface area contributed by atoms with Crippen LogP contribution in [-0.2, 0) is 14.8 Å². The summed E-state index contributed by atoms with van der Waals surface area (Å²) in [6, 6.07) is 6.09. The molecular formula is C14H15ClN2O3S. The van der Waals surface area contributed by atoms with E-state index in [9.17, 15) is 8.42 Å². The molecule has 0 aromatic heterocycles. The third-order valence-corrected chi connectivity index (χ3v) is 6.33. The van der Waals surface area contributed by atoms with Crippen LogP contribution in [0.5, 0.6) is 0 Å². The van der Waals surface area contributed by atoms with E-state index in [2.05, 4.69) is 0 Å². The Bertz CT molecular complexity index is 699. The lowest BCUT2D eigenvalue weighted by Crippen LogP contribution is -2.51. The van der Waals surface area contributed by atoms with Crippen molar-refractivity contribution >= 4 is 21.6 Å². The number of halogens is 1. The fourth-order valence-electron chi connectivity index (χ4n) is 3.07. The van der Waals surface area contributed by atoms with Crippen molar-refractivity contribution in [2.24, 2.45) is 0 Å². The van der Waals surface area contributed by atoms with E-state index >= 15 is 0 Å². The van der Waals surface area contributed by atoms with Crippen molar-refractivity contribution in [1.82, 2.24) is 4.31 Å². The summed E-state index contributed by atoms with van der Waals surface area (Å²) in [6.07, 6.45) is 2.72. The molecule has 2 unspecified atom stereocenters. The third-order valence-electron chi connectivity index (χ3n) is 4.10. The molecule has 7 heteroatoms. The Kier molecular flexibility index (Phi) is 3.93. The molecule has 0 spiro atoms. The predicted octanol–water partition coefficient (Wildman–Crippen LogP) is 2.15. The molecule has 2 atom stereocenters. The maximum Gasteiger partial charge on any atom is 0.243 e. The topological polar surface area (TPSA) is 70.4 Å².